The molecule has 2 aromatic rings. The number of rotatable bonds is 3. The van der Waals surface area contributed by atoms with Crippen LogP contribution in [0.4, 0.5) is 0 Å². The number of aromatic nitrogens is 3. The van der Waals surface area contributed by atoms with Crippen LogP contribution in [0.25, 0.3) is 0 Å². The Bertz CT molecular complexity index is 394. The largest absolute Gasteiger partial charge is 0.243 e. The van der Waals surface area contributed by atoms with E-state index in [9.17, 15) is 0 Å². The maximum absolute atomic E-state index is 5.99. The SMILES string of the molecule is CC(Cl)c1cnnn1Cc1cccs1. The van der Waals surface area contributed by atoms with Crippen molar-refractivity contribution in [3.8, 4) is 0 Å². The van der Waals surface area contributed by atoms with Gasteiger partial charge in [0.1, 0.15) is 0 Å². The van der Waals surface area contributed by atoms with Gasteiger partial charge in [0.2, 0.25) is 0 Å². The second kappa shape index (κ2) is 4.11. The van der Waals surface area contributed by atoms with E-state index in [-0.39, 0.29) is 5.38 Å². The molecule has 0 aliphatic rings. The molecule has 3 nitrogen and oxygen atoms in total. The molecule has 0 fully saturated rings. The third-order valence-electron chi connectivity index (χ3n) is 1.94. The Labute approximate surface area is 91.3 Å². The molecule has 0 N–H and O–H groups in total. The highest BCUT2D eigenvalue weighted by atomic mass is 35.5. The second-order valence-corrected chi connectivity index (χ2v) is 4.70. The third kappa shape index (κ3) is 1.96. The van der Waals surface area contributed by atoms with Crippen LogP contribution in [0.2, 0.25) is 0 Å². The Morgan fingerprint density at radius 3 is 3.14 bits per heavy atom. The van der Waals surface area contributed by atoms with Gasteiger partial charge < -0.3 is 0 Å². The van der Waals surface area contributed by atoms with Gasteiger partial charge in [-0.1, -0.05) is 11.3 Å². The van der Waals surface area contributed by atoms with Crippen LogP contribution >= 0.6 is 22.9 Å². The predicted octanol–water partition coefficient (Wildman–Crippen LogP) is 2.69. The summed E-state index contributed by atoms with van der Waals surface area (Å²) in [5.74, 6) is 0. The average Bonchev–Trinajstić information content (AvgIpc) is 2.75. The normalized spacial score (nSPS) is 13.0. The van der Waals surface area contributed by atoms with Crippen molar-refractivity contribution in [1.82, 2.24) is 15.0 Å². The molecule has 74 valence electrons. The van der Waals surface area contributed by atoms with E-state index in [1.165, 1.54) is 4.88 Å². The van der Waals surface area contributed by atoms with Gasteiger partial charge in [0, 0.05) is 4.88 Å². The van der Waals surface area contributed by atoms with Crippen LogP contribution < -0.4 is 0 Å². The van der Waals surface area contributed by atoms with Gasteiger partial charge in [0.25, 0.3) is 0 Å². The summed E-state index contributed by atoms with van der Waals surface area (Å²) in [6, 6.07) is 4.11. The van der Waals surface area contributed by atoms with Crippen molar-refractivity contribution in [3.05, 3.63) is 34.3 Å². The van der Waals surface area contributed by atoms with E-state index in [0.29, 0.717) is 0 Å². The standard InChI is InChI=1S/C9H10ClN3S/c1-7(10)9-5-11-12-13(9)6-8-3-2-4-14-8/h2-5,7H,6H2,1H3. The van der Waals surface area contributed by atoms with Gasteiger partial charge in [0.05, 0.1) is 23.8 Å². The third-order valence-corrected chi connectivity index (χ3v) is 3.03. The van der Waals surface area contributed by atoms with Crippen LogP contribution in [0.3, 0.4) is 0 Å². The maximum Gasteiger partial charge on any atom is 0.0773 e. The van der Waals surface area contributed by atoms with Crippen molar-refractivity contribution >= 4 is 22.9 Å². The Morgan fingerprint density at radius 1 is 1.64 bits per heavy atom. The van der Waals surface area contributed by atoms with E-state index in [1.54, 1.807) is 17.5 Å². The molecule has 0 aliphatic heterocycles. The summed E-state index contributed by atoms with van der Waals surface area (Å²) < 4.78 is 1.84. The Hall–Kier alpha value is -0.870. The summed E-state index contributed by atoms with van der Waals surface area (Å²) >= 11 is 7.70. The van der Waals surface area contributed by atoms with Crippen LogP contribution in [-0.4, -0.2) is 15.0 Å². The van der Waals surface area contributed by atoms with Gasteiger partial charge in [-0.3, -0.25) is 0 Å². The fourth-order valence-corrected chi connectivity index (χ4v) is 2.10. The topological polar surface area (TPSA) is 30.7 Å². The molecule has 0 aromatic carbocycles. The number of hydrogen-bond acceptors (Lipinski definition) is 3. The molecule has 0 aliphatic carbocycles. The summed E-state index contributed by atoms with van der Waals surface area (Å²) in [6.07, 6.45) is 1.71. The highest BCUT2D eigenvalue weighted by molar-refractivity contribution is 7.09. The molecule has 2 rings (SSSR count). The molecule has 2 heterocycles. The number of halogens is 1. The molecular weight excluding hydrogens is 218 g/mol. The van der Waals surface area contributed by atoms with Crippen molar-refractivity contribution in [2.45, 2.75) is 18.8 Å². The van der Waals surface area contributed by atoms with E-state index in [4.69, 9.17) is 11.6 Å². The average molecular weight is 228 g/mol. The van der Waals surface area contributed by atoms with Gasteiger partial charge in [-0.15, -0.1) is 28.0 Å². The first-order chi connectivity index (χ1) is 6.77. The van der Waals surface area contributed by atoms with Crippen molar-refractivity contribution < 1.29 is 0 Å². The molecule has 0 spiro atoms. The van der Waals surface area contributed by atoms with Crippen molar-refractivity contribution in [1.29, 1.82) is 0 Å². The highest BCUT2D eigenvalue weighted by Crippen LogP contribution is 2.19. The van der Waals surface area contributed by atoms with Crippen LogP contribution in [-0.2, 0) is 6.54 Å². The zero-order valence-electron chi connectivity index (χ0n) is 7.72. The molecule has 14 heavy (non-hydrogen) atoms. The number of hydrogen-bond donors (Lipinski definition) is 0. The zero-order chi connectivity index (χ0) is 9.97. The molecule has 5 heteroatoms. The number of nitrogens with zero attached hydrogens (tertiary/aromatic N) is 3. The Morgan fingerprint density at radius 2 is 2.50 bits per heavy atom. The molecule has 0 bridgehead atoms. The van der Waals surface area contributed by atoms with Gasteiger partial charge in [-0.2, -0.15) is 0 Å². The first-order valence-corrected chi connectivity index (χ1v) is 5.64. The van der Waals surface area contributed by atoms with E-state index < -0.39 is 0 Å². The fraction of sp³-hybridized carbons (Fsp3) is 0.333. The maximum atomic E-state index is 5.99. The fourth-order valence-electron chi connectivity index (χ4n) is 1.25. The molecule has 1 atom stereocenters. The number of thiophene rings is 1. The summed E-state index contributed by atoms with van der Waals surface area (Å²) in [5.41, 5.74) is 0.958. The van der Waals surface area contributed by atoms with Gasteiger partial charge in [-0.05, 0) is 18.4 Å². The lowest BCUT2D eigenvalue weighted by Crippen LogP contribution is -2.05. The predicted molar refractivity (Wildman–Crippen MR) is 57.7 cm³/mol. The summed E-state index contributed by atoms with van der Waals surface area (Å²) in [4.78, 5) is 1.26. The highest BCUT2D eigenvalue weighted by Gasteiger charge is 2.09. The van der Waals surface area contributed by atoms with Gasteiger partial charge in [0.15, 0.2) is 0 Å². The second-order valence-electron chi connectivity index (χ2n) is 3.01. The monoisotopic (exact) mass is 227 g/mol. The quantitative estimate of drug-likeness (QED) is 0.755. The van der Waals surface area contributed by atoms with Crippen LogP contribution in [0, 0.1) is 0 Å². The van der Waals surface area contributed by atoms with Crippen molar-refractivity contribution in [3.63, 3.8) is 0 Å². The summed E-state index contributed by atoms with van der Waals surface area (Å²) in [5, 5.41) is 9.86. The molecule has 2 aromatic heterocycles. The lowest BCUT2D eigenvalue weighted by molar-refractivity contribution is 0.624. The molecular formula is C9H10ClN3S. The van der Waals surface area contributed by atoms with Gasteiger partial charge >= 0.3 is 0 Å². The van der Waals surface area contributed by atoms with Crippen LogP contribution in [0.15, 0.2) is 23.7 Å². The molecule has 0 saturated carbocycles. The Balaban J connectivity index is 2.21. The molecule has 0 radical (unpaired) electrons. The molecule has 0 amide bonds. The first kappa shape index (κ1) is 9.68. The molecule has 0 saturated heterocycles. The zero-order valence-corrected chi connectivity index (χ0v) is 9.29. The minimum absolute atomic E-state index is 0.0510. The summed E-state index contributed by atoms with van der Waals surface area (Å²) in [7, 11) is 0. The van der Waals surface area contributed by atoms with Gasteiger partial charge in [-0.25, -0.2) is 4.68 Å². The van der Waals surface area contributed by atoms with E-state index in [1.807, 2.05) is 17.7 Å². The van der Waals surface area contributed by atoms with Crippen LogP contribution in [0.5, 0.6) is 0 Å². The summed E-state index contributed by atoms with van der Waals surface area (Å²) in [6.45, 7) is 2.68. The van der Waals surface area contributed by atoms with Crippen molar-refractivity contribution in [2.24, 2.45) is 0 Å². The first-order valence-electron chi connectivity index (χ1n) is 4.32. The lowest BCUT2D eigenvalue weighted by atomic mass is 10.3. The number of alkyl halides is 1. The smallest absolute Gasteiger partial charge is 0.0773 e. The van der Waals surface area contributed by atoms with Crippen molar-refractivity contribution in [2.75, 3.05) is 0 Å². The molecule has 1 unspecified atom stereocenters. The van der Waals surface area contributed by atoms with Crippen LogP contribution in [0.1, 0.15) is 22.9 Å². The minimum atomic E-state index is -0.0510. The minimum Gasteiger partial charge on any atom is -0.243 e. The van der Waals surface area contributed by atoms with E-state index in [2.05, 4.69) is 21.8 Å². The van der Waals surface area contributed by atoms with E-state index in [0.717, 1.165) is 12.2 Å². The van der Waals surface area contributed by atoms with E-state index >= 15 is 0 Å². The Kier molecular flexibility index (Phi) is 2.84. The lowest BCUT2D eigenvalue weighted by Gasteiger charge is -2.05.